The van der Waals surface area contributed by atoms with E-state index < -0.39 is 0 Å². The summed E-state index contributed by atoms with van der Waals surface area (Å²) < 4.78 is 0. The molecule has 80 valence electrons. The van der Waals surface area contributed by atoms with Crippen molar-refractivity contribution in [2.75, 3.05) is 0 Å². The molecule has 16 heavy (non-hydrogen) atoms. The largest absolute Gasteiger partial charge is 0.248 e. The number of aromatic nitrogens is 1. The van der Waals surface area contributed by atoms with E-state index in [2.05, 4.69) is 51.1 Å². The zero-order chi connectivity index (χ0) is 11.3. The lowest BCUT2D eigenvalue weighted by molar-refractivity contribution is 0.969. The predicted molar refractivity (Wildman–Crippen MR) is 68.5 cm³/mol. The summed E-state index contributed by atoms with van der Waals surface area (Å²) in [6.45, 7) is 6.62. The number of pyridine rings is 1. The average molecular weight is 209 g/mol. The van der Waals surface area contributed by atoms with Crippen LogP contribution in [0.1, 0.15) is 36.6 Å². The quantitative estimate of drug-likeness (QED) is 0.637. The van der Waals surface area contributed by atoms with Crippen molar-refractivity contribution in [2.24, 2.45) is 0 Å². The first kappa shape index (κ1) is 9.59. The maximum absolute atomic E-state index is 4.78. The van der Waals surface area contributed by atoms with E-state index in [0.717, 1.165) is 5.52 Å². The van der Waals surface area contributed by atoms with Gasteiger partial charge in [-0.25, -0.2) is 4.98 Å². The van der Waals surface area contributed by atoms with Crippen molar-refractivity contribution >= 4 is 16.5 Å². The molecule has 1 heterocycles. The highest BCUT2D eigenvalue weighted by Gasteiger charge is 2.22. The molecule has 0 aliphatic heterocycles. The Bertz CT molecular complexity index is 608. The van der Waals surface area contributed by atoms with Gasteiger partial charge in [0, 0.05) is 11.3 Å². The Morgan fingerprint density at radius 3 is 2.69 bits per heavy atom. The van der Waals surface area contributed by atoms with Crippen LogP contribution in [0.2, 0.25) is 0 Å². The molecule has 1 atom stereocenters. The minimum Gasteiger partial charge on any atom is -0.248 e. The first-order valence-corrected chi connectivity index (χ1v) is 5.76. The molecular formula is C15H15N. The molecule has 1 aromatic heterocycles. The van der Waals surface area contributed by atoms with E-state index in [1.54, 1.807) is 0 Å². The molecule has 0 saturated heterocycles. The average Bonchev–Trinajstić information content (AvgIpc) is 2.55. The van der Waals surface area contributed by atoms with Gasteiger partial charge in [-0.05, 0) is 36.6 Å². The van der Waals surface area contributed by atoms with Crippen molar-refractivity contribution in [1.82, 2.24) is 4.98 Å². The topological polar surface area (TPSA) is 12.9 Å². The molecule has 1 aliphatic rings. The van der Waals surface area contributed by atoms with E-state index in [9.17, 15) is 0 Å². The summed E-state index contributed by atoms with van der Waals surface area (Å²) >= 11 is 0. The lowest BCUT2D eigenvalue weighted by atomic mass is 9.96. The van der Waals surface area contributed by atoms with E-state index in [1.807, 2.05) is 0 Å². The van der Waals surface area contributed by atoms with E-state index >= 15 is 0 Å². The number of benzene rings is 1. The molecule has 3 rings (SSSR count). The molecule has 0 bridgehead atoms. The van der Waals surface area contributed by atoms with Crippen molar-refractivity contribution in [3.05, 3.63) is 47.2 Å². The number of para-hydroxylation sites is 1. The van der Waals surface area contributed by atoms with Gasteiger partial charge >= 0.3 is 0 Å². The molecule has 1 heteroatoms. The van der Waals surface area contributed by atoms with Crippen molar-refractivity contribution in [1.29, 1.82) is 0 Å². The summed E-state index contributed by atoms with van der Waals surface area (Å²) in [5, 5.41) is 1.29. The van der Waals surface area contributed by atoms with E-state index in [4.69, 9.17) is 4.98 Å². The van der Waals surface area contributed by atoms with Crippen LogP contribution in [0.4, 0.5) is 0 Å². The molecule has 0 fully saturated rings. The number of fused-ring (bicyclic) bond motifs is 2. The van der Waals surface area contributed by atoms with Gasteiger partial charge < -0.3 is 0 Å². The first-order valence-electron chi connectivity index (χ1n) is 5.76. The normalized spacial score (nSPS) is 18.7. The number of rotatable bonds is 0. The van der Waals surface area contributed by atoms with Crippen LogP contribution >= 0.6 is 0 Å². The van der Waals surface area contributed by atoms with Crippen LogP contribution in [-0.4, -0.2) is 4.98 Å². The standard InChI is InChI=1S/C15H15N/c1-9-8-10(2)15-14(9)11(3)12-6-4-5-7-13(12)16-15/h4-9H,1-3H3. The third-order valence-corrected chi connectivity index (χ3v) is 3.53. The van der Waals surface area contributed by atoms with Gasteiger partial charge in [-0.1, -0.05) is 31.2 Å². The number of hydrogen-bond acceptors (Lipinski definition) is 1. The minimum absolute atomic E-state index is 0.507. The molecule has 2 aromatic rings. The summed E-state index contributed by atoms with van der Waals surface area (Å²) in [5.74, 6) is 0.507. The molecule has 1 aromatic carbocycles. The Labute approximate surface area is 95.8 Å². The fourth-order valence-corrected chi connectivity index (χ4v) is 2.79. The Balaban J connectivity index is 2.44. The summed E-state index contributed by atoms with van der Waals surface area (Å²) in [6.07, 6.45) is 2.31. The highest BCUT2D eigenvalue weighted by atomic mass is 14.7. The van der Waals surface area contributed by atoms with Crippen molar-refractivity contribution in [2.45, 2.75) is 26.7 Å². The summed E-state index contributed by atoms with van der Waals surface area (Å²) in [7, 11) is 0. The molecule has 0 amide bonds. The SMILES string of the molecule is CC1=CC(C)c2c1nc1ccccc1c2C. The highest BCUT2D eigenvalue weighted by molar-refractivity contribution is 5.88. The molecule has 0 saturated carbocycles. The number of hydrogen-bond donors (Lipinski definition) is 0. The third kappa shape index (κ3) is 1.15. The summed E-state index contributed by atoms with van der Waals surface area (Å²) in [4.78, 5) is 4.78. The smallest absolute Gasteiger partial charge is 0.0712 e. The predicted octanol–water partition coefficient (Wildman–Crippen LogP) is 4.06. The van der Waals surface area contributed by atoms with Crippen LogP contribution in [0.3, 0.4) is 0 Å². The van der Waals surface area contributed by atoms with E-state index in [-0.39, 0.29) is 0 Å². The van der Waals surface area contributed by atoms with Gasteiger partial charge in [0.2, 0.25) is 0 Å². The second kappa shape index (κ2) is 3.18. The van der Waals surface area contributed by atoms with Crippen molar-refractivity contribution in [3.63, 3.8) is 0 Å². The second-order valence-corrected chi connectivity index (χ2v) is 4.65. The Kier molecular flexibility index (Phi) is 1.90. The van der Waals surface area contributed by atoms with Crippen LogP contribution in [-0.2, 0) is 0 Å². The fraction of sp³-hybridized carbons (Fsp3) is 0.267. The zero-order valence-corrected chi connectivity index (χ0v) is 9.91. The molecule has 1 unspecified atom stereocenters. The zero-order valence-electron chi connectivity index (χ0n) is 9.91. The molecular weight excluding hydrogens is 194 g/mol. The Morgan fingerprint density at radius 1 is 1.12 bits per heavy atom. The van der Waals surface area contributed by atoms with Crippen LogP contribution in [0, 0.1) is 6.92 Å². The third-order valence-electron chi connectivity index (χ3n) is 3.53. The van der Waals surface area contributed by atoms with Crippen LogP contribution < -0.4 is 0 Å². The van der Waals surface area contributed by atoms with Crippen molar-refractivity contribution < 1.29 is 0 Å². The first-order chi connectivity index (χ1) is 7.68. The maximum atomic E-state index is 4.78. The second-order valence-electron chi connectivity index (χ2n) is 4.65. The molecule has 1 aliphatic carbocycles. The molecule has 1 nitrogen and oxygen atoms in total. The minimum atomic E-state index is 0.507. The van der Waals surface area contributed by atoms with Crippen LogP contribution in [0.25, 0.3) is 16.5 Å². The Morgan fingerprint density at radius 2 is 1.88 bits per heavy atom. The van der Waals surface area contributed by atoms with Crippen LogP contribution in [0.5, 0.6) is 0 Å². The van der Waals surface area contributed by atoms with Gasteiger partial charge in [0.15, 0.2) is 0 Å². The summed E-state index contributed by atoms with van der Waals surface area (Å²) in [6, 6.07) is 8.40. The highest BCUT2D eigenvalue weighted by Crippen LogP contribution is 2.38. The number of allylic oxidation sites excluding steroid dienone is 2. The maximum Gasteiger partial charge on any atom is 0.0712 e. The van der Waals surface area contributed by atoms with Gasteiger partial charge in [-0.3, -0.25) is 0 Å². The molecule has 0 spiro atoms. The van der Waals surface area contributed by atoms with Gasteiger partial charge in [-0.2, -0.15) is 0 Å². The summed E-state index contributed by atoms with van der Waals surface area (Å²) in [5.41, 5.74) is 6.43. The number of nitrogens with zero attached hydrogens (tertiary/aromatic N) is 1. The van der Waals surface area contributed by atoms with Gasteiger partial charge in [0.1, 0.15) is 0 Å². The van der Waals surface area contributed by atoms with E-state index in [0.29, 0.717) is 5.92 Å². The number of aryl methyl sites for hydroxylation is 1. The monoisotopic (exact) mass is 209 g/mol. The molecule has 0 radical (unpaired) electrons. The fourth-order valence-electron chi connectivity index (χ4n) is 2.79. The van der Waals surface area contributed by atoms with Gasteiger partial charge in [0.05, 0.1) is 11.2 Å². The van der Waals surface area contributed by atoms with Crippen molar-refractivity contribution in [3.8, 4) is 0 Å². The lowest BCUT2D eigenvalue weighted by Gasteiger charge is -2.12. The van der Waals surface area contributed by atoms with Crippen LogP contribution in [0.15, 0.2) is 30.3 Å². The van der Waals surface area contributed by atoms with Gasteiger partial charge in [0.25, 0.3) is 0 Å². The molecule has 0 N–H and O–H groups in total. The Hall–Kier alpha value is -1.63. The lowest BCUT2D eigenvalue weighted by Crippen LogP contribution is -1.97. The van der Waals surface area contributed by atoms with E-state index in [1.165, 1.54) is 27.8 Å². The van der Waals surface area contributed by atoms with Gasteiger partial charge in [-0.15, -0.1) is 0 Å².